The van der Waals surface area contributed by atoms with Crippen molar-refractivity contribution < 1.29 is 23.7 Å². The molecule has 2 atom stereocenters. The Morgan fingerprint density at radius 3 is 2.10 bits per heavy atom. The molecule has 3 aromatic rings. The average molecular weight is 553 g/mol. The van der Waals surface area contributed by atoms with Crippen molar-refractivity contribution in [2.75, 3.05) is 26.9 Å². The van der Waals surface area contributed by atoms with Crippen molar-refractivity contribution in [2.45, 2.75) is 51.6 Å². The van der Waals surface area contributed by atoms with E-state index in [9.17, 15) is 4.79 Å². The van der Waals surface area contributed by atoms with Crippen LogP contribution in [-0.4, -0.2) is 38.5 Å². The van der Waals surface area contributed by atoms with E-state index in [2.05, 4.69) is 93.6 Å². The maximum Gasteiger partial charge on any atom is 0.302 e. The summed E-state index contributed by atoms with van der Waals surface area (Å²) in [6.07, 6.45) is 6.47. The number of hydrogen-bond donors (Lipinski definition) is 0. The van der Waals surface area contributed by atoms with Crippen LogP contribution >= 0.6 is 0 Å². The zero-order valence-electron chi connectivity index (χ0n) is 24.7. The fourth-order valence-corrected chi connectivity index (χ4v) is 6.04. The lowest BCUT2D eigenvalue weighted by molar-refractivity contribution is -0.141. The standard InChI is InChI=1S/C36H40O5/c1-25-9-8-12-33-34(25)31-10-6-7-11-32(31)36(33,28-15-19-30(20-16-28)41-24-23-39-26(2)37)27-13-17-29(18-14-27)40-22-21-35(3,4)38-5/h6-8,10-20,25H,9,21-24H2,1-5H3. The van der Waals surface area contributed by atoms with Gasteiger partial charge in [0.25, 0.3) is 0 Å². The van der Waals surface area contributed by atoms with E-state index < -0.39 is 5.41 Å². The lowest BCUT2D eigenvalue weighted by Gasteiger charge is -2.36. The molecule has 0 fully saturated rings. The maximum absolute atomic E-state index is 11.1. The van der Waals surface area contributed by atoms with Crippen LogP contribution < -0.4 is 9.47 Å². The van der Waals surface area contributed by atoms with Crippen LogP contribution in [0.5, 0.6) is 11.5 Å². The molecule has 0 amide bonds. The summed E-state index contributed by atoms with van der Waals surface area (Å²) in [6.45, 7) is 8.99. The second-order valence-corrected chi connectivity index (χ2v) is 11.5. The minimum Gasteiger partial charge on any atom is -0.493 e. The Labute approximate surface area is 243 Å². The molecule has 0 radical (unpaired) electrons. The van der Waals surface area contributed by atoms with Gasteiger partial charge in [-0.25, -0.2) is 0 Å². The molecule has 0 spiro atoms. The molecule has 5 heteroatoms. The van der Waals surface area contributed by atoms with Gasteiger partial charge in [0.1, 0.15) is 24.7 Å². The molecule has 0 bridgehead atoms. The largest absolute Gasteiger partial charge is 0.493 e. The van der Waals surface area contributed by atoms with Crippen LogP contribution in [0.2, 0.25) is 0 Å². The molecular weight excluding hydrogens is 512 g/mol. The third-order valence-corrected chi connectivity index (χ3v) is 8.34. The van der Waals surface area contributed by atoms with Crippen LogP contribution in [0.3, 0.4) is 0 Å². The summed E-state index contributed by atoms with van der Waals surface area (Å²) >= 11 is 0. The molecule has 2 aliphatic rings. The van der Waals surface area contributed by atoms with Gasteiger partial charge in [-0.15, -0.1) is 0 Å². The molecule has 5 rings (SSSR count). The first-order chi connectivity index (χ1) is 19.8. The molecule has 0 saturated heterocycles. The topological polar surface area (TPSA) is 54.0 Å². The van der Waals surface area contributed by atoms with Gasteiger partial charge >= 0.3 is 5.97 Å². The highest BCUT2D eigenvalue weighted by molar-refractivity contribution is 5.89. The Morgan fingerprint density at radius 1 is 0.878 bits per heavy atom. The Morgan fingerprint density at radius 2 is 1.49 bits per heavy atom. The van der Waals surface area contributed by atoms with E-state index in [1.807, 2.05) is 12.1 Å². The van der Waals surface area contributed by atoms with E-state index in [1.54, 1.807) is 7.11 Å². The van der Waals surface area contributed by atoms with Gasteiger partial charge in [0.15, 0.2) is 0 Å². The van der Waals surface area contributed by atoms with Crippen LogP contribution in [0.15, 0.2) is 90.5 Å². The number of ether oxygens (including phenoxy) is 4. The van der Waals surface area contributed by atoms with Crippen LogP contribution in [-0.2, 0) is 19.7 Å². The van der Waals surface area contributed by atoms with Gasteiger partial charge in [0.05, 0.1) is 17.6 Å². The Kier molecular flexibility index (Phi) is 8.37. The van der Waals surface area contributed by atoms with Crippen molar-refractivity contribution in [1.82, 2.24) is 0 Å². The van der Waals surface area contributed by atoms with Crippen LogP contribution in [0, 0.1) is 5.92 Å². The number of fused-ring (bicyclic) bond motifs is 2. The van der Waals surface area contributed by atoms with Crippen LogP contribution in [0.4, 0.5) is 0 Å². The number of hydrogen-bond acceptors (Lipinski definition) is 5. The van der Waals surface area contributed by atoms with E-state index in [-0.39, 0.29) is 18.2 Å². The number of rotatable bonds is 11. The van der Waals surface area contributed by atoms with Gasteiger partial charge in [0.2, 0.25) is 0 Å². The zero-order chi connectivity index (χ0) is 29.0. The average Bonchev–Trinajstić information content (AvgIpc) is 3.28. The predicted octanol–water partition coefficient (Wildman–Crippen LogP) is 7.52. The van der Waals surface area contributed by atoms with Crippen LogP contribution in [0.25, 0.3) is 5.57 Å². The van der Waals surface area contributed by atoms with Crippen molar-refractivity contribution >= 4 is 11.5 Å². The van der Waals surface area contributed by atoms with Crippen molar-refractivity contribution in [3.8, 4) is 11.5 Å². The quantitative estimate of drug-likeness (QED) is 0.182. The molecular formula is C36H40O5. The smallest absolute Gasteiger partial charge is 0.302 e. The fraction of sp³-hybridized carbons (Fsp3) is 0.361. The molecule has 2 unspecified atom stereocenters. The van der Waals surface area contributed by atoms with Gasteiger partial charge in [-0.05, 0) is 83.9 Å². The lowest BCUT2D eigenvalue weighted by Crippen LogP contribution is -2.30. The minimum atomic E-state index is -0.468. The zero-order valence-corrected chi connectivity index (χ0v) is 24.7. The lowest BCUT2D eigenvalue weighted by atomic mass is 9.66. The van der Waals surface area contributed by atoms with Gasteiger partial charge < -0.3 is 18.9 Å². The summed E-state index contributed by atoms with van der Waals surface area (Å²) in [5.74, 6) is 1.71. The molecule has 3 aromatic carbocycles. The van der Waals surface area contributed by atoms with Crippen molar-refractivity contribution in [3.63, 3.8) is 0 Å². The van der Waals surface area contributed by atoms with E-state index >= 15 is 0 Å². The highest BCUT2D eigenvalue weighted by Gasteiger charge is 2.48. The SMILES string of the molecule is COC(C)(C)CCOc1ccc(C2(c3ccc(OCCOC(C)=O)cc3)C3=C(c4ccccc42)C(C)CC=C3)cc1. The Balaban J connectivity index is 1.54. The first-order valence-corrected chi connectivity index (χ1v) is 14.4. The third kappa shape index (κ3) is 5.69. The van der Waals surface area contributed by atoms with Crippen molar-refractivity contribution in [1.29, 1.82) is 0 Å². The number of carbonyl (C=O) groups is 1. The summed E-state index contributed by atoms with van der Waals surface area (Å²) < 4.78 is 22.5. The summed E-state index contributed by atoms with van der Waals surface area (Å²) in [5.41, 5.74) is 7.05. The second-order valence-electron chi connectivity index (χ2n) is 11.5. The highest BCUT2D eigenvalue weighted by Crippen LogP contribution is 2.58. The number of allylic oxidation sites excluding steroid dienone is 4. The monoisotopic (exact) mass is 552 g/mol. The van der Waals surface area contributed by atoms with E-state index in [4.69, 9.17) is 18.9 Å². The van der Waals surface area contributed by atoms with Gasteiger partial charge in [-0.2, -0.15) is 0 Å². The van der Waals surface area contributed by atoms with Gasteiger partial charge in [-0.3, -0.25) is 4.79 Å². The Bertz CT molecular complexity index is 1430. The molecule has 0 saturated carbocycles. The first-order valence-electron chi connectivity index (χ1n) is 14.4. The molecule has 2 aliphatic carbocycles. The number of methoxy groups -OCH3 is 1. The minimum absolute atomic E-state index is 0.221. The predicted molar refractivity (Wildman–Crippen MR) is 162 cm³/mol. The first kappa shape index (κ1) is 28.7. The van der Waals surface area contributed by atoms with E-state index in [0.29, 0.717) is 19.1 Å². The van der Waals surface area contributed by atoms with Crippen molar-refractivity contribution in [3.05, 3.63) is 113 Å². The molecule has 214 valence electrons. The third-order valence-electron chi connectivity index (χ3n) is 8.34. The molecule has 5 nitrogen and oxygen atoms in total. The van der Waals surface area contributed by atoms with E-state index in [1.165, 1.54) is 40.3 Å². The molecule has 41 heavy (non-hydrogen) atoms. The molecule has 0 heterocycles. The Hall–Kier alpha value is -3.83. The summed E-state index contributed by atoms with van der Waals surface area (Å²) in [4.78, 5) is 11.1. The van der Waals surface area contributed by atoms with E-state index in [0.717, 1.165) is 24.3 Å². The van der Waals surface area contributed by atoms with Crippen molar-refractivity contribution in [2.24, 2.45) is 5.92 Å². The number of esters is 1. The molecule has 0 N–H and O–H groups in total. The van der Waals surface area contributed by atoms with Crippen LogP contribution in [0.1, 0.15) is 62.8 Å². The summed E-state index contributed by atoms with van der Waals surface area (Å²) in [5, 5.41) is 0. The molecule has 0 aliphatic heterocycles. The number of benzene rings is 3. The van der Waals surface area contributed by atoms with Gasteiger partial charge in [-0.1, -0.05) is 67.6 Å². The maximum atomic E-state index is 11.1. The summed E-state index contributed by atoms with van der Waals surface area (Å²) in [7, 11) is 1.73. The highest BCUT2D eigenvalue weighted by atomic mass is 16.6. The van der Waals surface area contributed by atoms with Gasteiger partial charge in [0, 0.05) is 20.5 Å². The normalized spacial score (nSPS) is 19.5. The number of carbonyl (C=O) groups excluding carboxylic acids is 1. The second kappa shape index (κ2) is 12.0. The fourth-order valence-electron chi connectivity index (χ4n) is 6.04. The summed E-state index contributed by atoms with van der Waals surface area (Å²) in [6, 6.07) is 25.8. The molecule has 0 aromatic heterocycles.